The Bertz CT molecular complexity index is 591. The Morgan fingerprint density at radius 3 is 2.80 bits per heavy atom. The lowest BCUT2D eigenvalue weighted by Crippen LogP contribution is -2.40. The molecule has 2 N–H and O–H groups in total. The minimum absolute atomic E-state index is 0.251. The van der Waals surface area contributed by atoms with E-state index in [1.165, 1.54) is 0 Å². The average molecular weight is 292 g/mol. The molecule has 20 heavy (non-hydrogen) atoms. The predicted octanol–water partition coefficient (Wildman–Crippen LogP) is 2.21. The number of benzene rings is 1. The molecule has 1 aromatic carbocycles. The largest absolute Gasteiger partial charge is 0.480 e. The molecule has 2 aromatic rings. The van der Waals surface area contributed by atoms with Crippen molar-refractivity contribution in [3.05, 3.63) is 29.3 Å². The van der Waals surface area contributed by atoms with Gasteiger partial charge in [-0.1, -0.05) is 19.1 Å². The van der Waals surface area contributed by atoms with Gasteiger partial charge < -0.3 is 10.4 Å². The highest BCUT2D eigenvalue weighted by Crippen LogP contribution is 2.22. The first-order chi connectivity index (χ1) is 9.60. The van der Waals surface area contributed by atoms with Gasteiger partial charge in [0.1, 0.15) is 6.04 Å². The molecule has 1 heterocycles. The molecule has 1 unspecified atom stereocenters. The lowest BCUT2D eigenvalue weighted by atomic mass is 10.2. The molecule has 0 aliphatic heterocycles. The molecule has 5 nitrogen and oxygen atoms in total. The normalized spacial score (nSPS) is 12.2. The number of para-hydroxylation sites is 1. The summed E-state index contributed by atoms with van der Waals surface area (Å²) in [6, 6.07) is 7.01. The third kappa shape index (κ3) is 3.54. The van der Waals surface area contributed by atoms with E-state index in [4.69, 9.17) is 5.11 Å². The molecule has 1 atom stereocenters. The number of rotatable bonds is 6. The average Bonchev–Trinajstić information content (AvgIpc) is 2.85. The standard InChI is InChI=1S/C14H16N2O3S/c1-2-9(14(18)19)15-12(17)7-8-13-16-10-5-3-4-6-11(10)20-13/h3-6,9H,2,7-8H2,1H3,(H,15,17)(H,18,19). The summed E-state index contributed by atoms with van der Waals surface area (Å²) in [6.07, 6.45) is 1.16. The molecule has 0 saturated carbocycles. The number of aliphatic carboxylic acids is 1. The second-order valence-electron chi connectivity index (χ2n) is 4.44. The molecule has 0 saturated heterocycles. The second-order valence-corrected chi connectivity index (χ2v) is 5.56. The zero-order valence-electron chi connectivity index (χ0n) is 11.1. The van der Waals surface area contributed by atoms with Gasteiger partial charge in [-0.15, -0.1) is 11.3 Å². The van der Waals surface area contributed by atoms with E-state index in [0.29, 0.717) is 12.8 Å². The van der Waals surface area contributed by atoms with Crippen LogP contribution in [0.3, 0.4) is 0 Å². The Labute approximate surface area is 120 Å². The van der Waals surface area contributed by atoms with Crippen molar-refractivity contribution in [3.63, 3.8) is 0 Å². The van der Waals surface area contributed by atoms with Crippen LogP contribution in [0.4, 0.5) is 0 Å². The fourth-order valence-electron chi connectivity index (χ4n) is 1.85. The van der Waals surface area contributed by atoms with Crippen LogP contribution in [0.25, 0.3) is 10.2 Å². The van der Waals surface area contributed by atoms with Crippen LogP contribution in [0.5, 0.6) is 0 Å². The molecule has 0 fully saturated rings. The number of aryl methyl sites for hydroxylation is 1. The van der Waals surface area contributed by atoms with Crippen molar-refractivity contribution >= 4 is 33.4 Å². The molecule has 106 valence electrons. The van der Waals surface area contributed by atoms with E-state index in [9.17, 15) is 9.59 Å². The van der Waals surface area contributed by atoms with Gasteiger partial charge in [0.25, 0.3) is 0 Å². The number of aromatic nitrogens is 1. The van der Waals surface area contributed by atoms with Crippen LogP contribution in [0.2, 0.25) is 0 Å². The summed E-state index contributed by atoms with van der Waals surface area (Å²) >= 11 is 1.56. The molecule has 0 aliphatic rings. The minimum Gasteiger partial charge on any atom is -0.480 e. The van der Waals surface area contributed by atoms with E-state index < -0.39 is 12.0 Å². The maximum absolute atomic E-state index is 11.7. The van der Waals surface area contributed by atoms with Crippen molar-refractivity contribution in [1.82, 2.24) is 10.3 Å². The van der Waals surface area contributed by atoms with Gasteiger partial charge in [-0.25, -0.2) is 9.78 Å². The molecule has 2 rings (SSSR count). The van der Waals surface area contributed by atoms with E-state index in [-0.39, 0.29) is 12.3 Å². The maximum atomic E-state index is 11.7. The highest BCUT2D eigenvalue weighted by molar-refractivity contribution is 7.18. The Morgan fingerprint density at radius 2 is 2.15 bits per heavy atom. The van der Waals surface area contributed by atoms with Gasteiger partial charge in [0.05, 0.1) is 15.2 Å². The van der Waals surface area contributed by atoms with Gasteiger partial charge in [0.15, 0.2) is 0 Å². The van der Waals surface area contributed by atoms with E-state index in [2.05, 4.69) is 10.3 Å². The molecule has 0 spiro atoms. The minimum atomic E-state index is -0.999. The van der Waals surface area contributed by atoms with Crippen LogP contribution in [-0.4, -0.2) is 28.0 Å². The van der Waals surface area contributed by atoms with Crippen LogP contribution in [0, 0.1) is 0 Å². The zero-order chi connectivity index (χ0) is 14.5. The predicted molar refractivity (Wildman–Crippen MR) is 77.8 cm³/mol. The van der Waals surface area contributed by atoms with Crippen molar-refractivity contribution in [2.75, 3.05) is 0 Å². The number of hydrogen-bond donors (Lipinski definition) is 2. The molecular formula is C14H16N2O3S. The summed E-state index contributed by atoms with van der Waals surface area (Å²) in [6.45, 7) is 1.73. The Balaban J connectivity index is 1.91. The van der Waals surface area contributed by atoms with E-state index in [0.717, 1.165) is 15.2 Å². The lowest BCUT2D eigenvalue weighted by molar-refractivity contribution is -0.141. The number of fused-ring (bicyclic) bond motifs is 1. The Hall–Kier alpha value is -1.95. The maximum Gasteiger partial charge on any atom is 0.326 e. The first-order valence-corrected chi connectivity index (χ1v) is 7.28. The third-order valence-corrected chi connectivity index (χ3v) is 4.04. The van der Waals surface area contributed by atoms with E-state index in [1.807, 2.05) is 24.3 Å². The fraction of sp³-hybridized carbons (Fsp3) is 0.357. The van der Waals surface area contributed by atoms with Crippen molar-refractivity contribution in [2.45, 2.75) is 32.2 Å². The third-order valence-electron chi connectivity index (χ3n) is 2.95. The summed E-state index contributed by atoms with van der Waals surface area (Å²) in [4.78, 5) is 27.0. The number of carbonyl (C=O) groups excluding carboxylic acids is 1. The van der Waals surface area contributed by atoms with Gasteiger partial charge >= 0.3 is 5.97 Å². The second kappa shape index (κ2) is 6.47. The molecule has 6 heteroatoms. The van der Waals surface area contributed by atoms with Crippen molar-refractivity contribution < 1.29 is 14.7 Å². The van der Waals surface area contributed by atoms with Gasteiger partial charge in [0, 0.05) is 12.8 Å². The highest BCUT2D eigenvalue weighted by Gasteiger charge is 2.17. The lowest BCUT2D eigenvalue weighted by Gasteiger charge is -2.11. The summed E-state index contributed by atoms with van der Waals surface area (Å²) in [5.41, 5.74) is 0.935. The first-order valence-electron chi connectivity index (χ1n) is 6.46. The highest BCUT2D eigenvalue weighted by atomic mass is 32.1. The van der Waals surface area contributed by atoms with Crippen LogP contribution in [0.1, 0.15) is 24.8 Å². The van der Waals surface area contributed by atoms with Crippen LogP contribution in [0.15, 0.2) is 24.3 Å². The molecule has 1 aromatic heterocycles. The number of amides is 1. The van der Waals surface area contributed by atoms with E-state index >= 15 is 0 Å². The first kappa shape index (κ1) is 14.5. The smallest absolute Gasteiger partial charge is 0.326 e. The number of thiazole rings is 1. The quantitative estimate of drug-likeness (QED) is 0.855. The Kier molecular flexibility index (Phi) is 4.68. The number of nitrogens with one attached hydrogen (secondary N) is 1. The summed E-state index contributed by atoms with van der Waals surface area (Å²) in [7, 11) is 0. The van der Waals surface area contributed by atoms with Gasteiger partial charge in [-0.3, -0.25) is 4.79 Å². The van der Waals surface area contributed by atoms with Crippen molar-refractivity contribution in [3.8, 4) is 0 Å². The van der Waals surface area contributed by atoms with Gasteiger partial charge in [0.2, 0.25) is 5.91 Å². The van der Waals surface area contributed by atoms with Gasteiger partial charge in [-0.2, -0.15) is 0 Å². The molecule has 0 radical (unpaired) electrons. The number of carboxylic acid groups (broad SMARTS) is 1. The zero-order valence-corrected chi connectivity index (χ0v) is 11.9. The molecule has 0 aliphatic carbocycles. The van der Waals surface area contributed by atoms with E-state index in [1.54, 1.807) is 18.3 Å². The summed E-state index contributed by atoms with van der Waals surface area (Å²) in [5.74, 6) is -1.25. The molecule has 1 amide bonds. The topological polar surface area (TPSA) is 79.3 Å². The van der Waals surface area contributed by atoms with Crippen LogP contribution in [-0.2, 0) is 16.0 Å². The SMILES string of the molecule is CCC(NC(=O)CCc1nc2ccccc2s1)C(=O)O. The van der Waals surface area contributed by atoms with Gasteiger partial charge in [-0.05, 0) is 18.6 Å². The monoisotopic (exact) mass is 292 g/mol. The molecular weight excluding hydrogens is 276 g/mol. The fourth-order valence-corrected chi connectivity index (χ4v) is 2.82. The van der Waals surface area contributed by atoms with Crippen LogP contribution < -0.4 is 5.32 Å². The van der Waals surface area contributed by atoms with Crippen molar-refractivity contribution in [2.24, 2.45) is 0 Å². The van der Waals surface area contributed by atoms with Crippen LogP contribution >= 0.6 is 11.3 Å². The number of nitrogens with zero attached hydrogens (tertiary/aromatic N) is 1. The molecule has 0 bridgehead atoms. The number of carboxylic acids is 1. The Morgan fingerprint density at radius 1 is 1.40 bits per heavy atom. The van der Waals surface area contributed by atoms with Crippen molar-refractivity contribution in [1.29, 1.82) is 0 Å². The number of hydrogen-bond acceptors (Lipinski definition) is 4. The number of carbonyl (C=O) groups is 2. The summed E-state index contributed by atoms with van der Waals surface area (Å²) < 4.78 is 1.10. The summed E-state index contributed by atoms with van der Waals surface area (Å²) in [5, 5.41) is 12.3.